The zero-order chi connectivity index (χ0) is 10.2. The summed E-state index contributed by atoms with van der Waals surface area (Å²) in [5, 5.41) is 8.33. The van der Waals surface area contributed by atoms with E-state index in [0.29, 0.717) is 0 Å². The number of aryl methyl sites for hydroxylation is 1. The van der Waals surface area contributed by atoms with E-state index in [0.717, 1.165) is 6.92 Å². The van der Waals surface area contributed by atoms with Crippen molar-refractivity contribution >= 4 is 5.97 Å². The van der Waals surface area contributed by atoms with Crippen molar-refractivity contribution < 1.29 is 23.1 Å². The molecular weight excluding hydrogens is 189 g/mol. The number of rotatable bonds is 1. The highest BCUT2D eigenvalue weighted by atomic mass is 19.4. The van der Waals surface area contributed by atoms with E-state index in [1.807, 2.05) is 4.98 Å². The number of H-pyrrole nitrogens is 1. The van der Waals surface area contributed by atoms with Crippen LogP contribution < -0.4 is 0 Å². The monoisotopic (exact) mass is 194 g/mol. The zero-order valence-electron chi connectivity index (χ0n) is 6.44. The van der Waals surface area contributed by atoms with E-state index >= 15 is 0 Å². The molecule has 4 nitrogen and oxygen atoms in total. The molecule has 1 rings (SSSR count). The molecule has 0 saturated heterocycles. The molecule has 1 aromatic rings. The van der Waals surface area contributed by atoms with Crippen LogP contribution in [0.3, 0.4) is 0 Å². The predicted molar refractivity (Wildman–Crippen MR) is 35.3 cm³/mol. The van der Waals surface area contributed by atoms with Crippen LogP contribution in [0.25, 0.3) is 0 Å². The van der Waals surface area contributed by atoms with E-state index in [2.05, 4.69) is 4.98 Å². The number of carbonyl (C=O) groups is 1. The number of nitrogens with zero attached hydrogens (tertiary/aromatic N) is 1. The maximum absolute atomic E-state index is 12.1. The number of aromatic carboxylic acids is 1. The van der Waals surface area contributed by atoms with Crippen molar-refractivity contribution in [1.82, 2.24) is 9.97 Å². The Morgan fingerprint density at radius 1 is 1.54 bits per heavy atom. The lowest BCUT2D eigenvalue weighted by atomic mass is 10.3. The third kappa shape index (κ3) is 1.79. The van der Waals surface area contributed by atoms with Gasteiger partial charge >= 0.3 is 12.1 Å². The molecule has 0 aliphatic rings. The lowest BCUT2D eigenvalue weighted by Gasteiger charge is -2.01. The first-order valence-electron chi connectivity index (χ1n) is 3.19. The summed E-state index contributed by atoms with van der Waals surface area (Å²) in [6.07, 6.45) is -4.62. The minimum Gasteiger partial charge on any atom is -0.475 e. The van der Waals surface area contributed by atoms with Crippen LogP contribution in [0.15, 0.2) is 0 Å². The second kappa shape index (κ2) is 2.75. The maximum atomic E-state index is 12.1. The van der Waals surface area contributed by atoms with Crippen LogP contribution >= 0.6 is 0 Å². The fourth-order valence-electron chi connectivity index (χ4n) is 0.838. The Hall–Kier alpha value is -1.53. The highest BCUT2D eigenvalue weighted by molar-refractivity contribution is 5.83. The first-order valence-corrected chi connectivity index (χ1v) is 3.19. The van der Waals surface area contributed by atoms with Gasteiger partial charge in [0.1, 0.15) is 0 Å². The zero-order valence-corrected chi connectivity index (χ0v) is 6.44. The van der Waals surface area contributed by atoms with E-state index < -0.39 is 23.7 Å². The highest BCUT2D eigenvalue weighted by Crippen LogP contribution is 2.29. The minimum atomic E-state index is -4.62. The number of carboxylic acids is 1. The van der Waals surface area contributed by atoms with Gasteiger partial charge in [-0.15, -0.1) is 0 Å². The molecule has 0 radical (unpaired) electrons. The molecule has 0 unspecified atom stereocenters. The predicted octanol–water partition coefficient (Wildman–Crippen LogP) is 1.44. The smallest absolute Gasteiger partial charge is 0.435 e. The van der Waals surface area contributed by atoms with Crippen LogP contribution in [0.1, 0.15) is 22.0 Å². The summed E-state index contributed by atoms with van der Waals surface area (Å²) >= 11 is 0. The number of carboxylic acid groups (broad SMARTS) is 1. The average Bonchev–Trinajstić information content (AvgIpc) is 2.29. The van der Waals surface area contributed by atoms with Crippen molar-refractivity contribution in [3.05, 3.63) is 17.2 Å². The van der Waals surface area contributed by atoms with E-state index in [1.165, 1.54) is 0 Å². The first-order chi connectivity index (χ1) is 5.82. The van der Waals surface area contributed by atoms with Crippen LogP contribution in [0.5, 0.6) is 0 Å². The Kier molecular flexibility index (Phi) is 2.02. The summed E-state index contributed by atoms with van der Waals surface area (Å²) in [7, 11) is 0. The first kappa shape index (κ1) is 9.56. The highest BCUT2D eigenvalue weighted by Gasteiger charge is 2.36. The maximum Gasteiger partial charge on any atom is 0.435 e. The number of aromatic amines is 1. The molecule has 0 spiro atoms. The molecule has 13 heavy (non-hydrogen) atoms. The summed E-state index contributed by atoms with van der Waals surface area (Å²) in [4.78, 5) is 15.2. The Morgan fingerprint density at radius 3 is 2.31 bits per heavy atom. The standard InChI is InChI=1S/C6H5F3N2O2/c1-2-3(6(7,8)9)11-4(10-2)5(12)13/h1H3,(H,10,11)(H,12,13). The van der Waals surface area contributed by atoms with Gasteiger partial charge in [-0.1, -0.05) is 0 Å². The van der Waals surface area contributed by atoms with Crippen LogP contribution in [-0.2, 0) is 6.18 Å². The number of imidazole rings is 1. The summed E-state index contributed by atoms with van der Waals surface area (Å²) in [6, 6.07) is 0. The van der Waals surface area contributed by atoms with Crippen molar-refractivity contribution in [2.45, 2.75) is 13.1 Å². The topological polar surface area (TPSA) is 66.0 Å². The number of halogens is 3. The number of hydrogen-bond donors (Lipinski definition) is 2. The number of alkyl halides is 3. The van der Waals surface area contributed by atoms with Crippen molar-refractivity contribution in [1.29, 1.82) is 0 Å². The molecule has 0 atom stereocenters. The van der Waals surface area contributed by atoms with Crippen molar-refractivity contribution in [3.8, 4) is 0 Å². The Bertz CT molecular complexity index is 342. The molecule has 1 heterocycles. The fraction of sp³-hybridized carbons (Fsp3) is 0.333. The van der Waals surface area contributed by atoms with Gasteiger partial charge in [-0.05, 0) is 6.92 Å². The van der Waals surface area contributed by atoms with Crippen molar-refractivity contribution in [3.63, 3.8) is 0 Å². The summed E-state index contributed by atoms with van der Waals surface area (Å²) in [5.74, 6) is -2.22. The molecule has 0 aliphatic carbocycles. The van der Waals surface area contributed by atoms with Gasteiger partial charge in [0.2, 0.25) is 5.82 Å². The van der Waals surface area contributed by atoms with Crippen LogP contribution in [0.2, 0.25) is 0 Å². The van der Waals surface area contributed by atoms with E-state index in [9.17, 15) is 18.0 Å². The molecule has 0 fully saturated rings. The van der Waals surface area contributed by atoms with Gasteiger partial charge in [-0.25, -0.2) is 9.78 Å². The van der Waals surface area contributed by atoms with E-state index in [1.54, 1.807) is 0 Å². The second-order valence-electron chi connectivity index (χ2n) is 2.36. The average molecular weight is 194 g/mol. The quantitative estimate of drug-likeness (QED) is 0.710. The summed E-state index contributed by atoms with van der Waals surface area (Å²) in [5.41, 5.74) is -1.49. The Balaban J connectivity index is 3.18. The number of aromatic nitrogens is 2. The molecule has 0 aromatic carbocycles. The molecule has 7 heteroatoms. The lowest BCUT2D eigenvalue weighted by Crippen LogP contribution is -2.08. The summed E-state index contributed by atoms with van der Waals surface area (Å²) < 4.78 is 36.2. The third-order valence-electron chi connectivity index (χ3n) is 1.36. The Morgan fingerprint density at radius 2 is 2.08 bits per heavy atom. The molecule has 0 amide bonds. The van der Waals surface area contributed by atoms with Gasteiger partial charge in [-0.3, -0.25) is 0 Å². The van der Waals surface area contributed by atoms with Gasteiger partial charge in [0, 0.05) is 5.69 Å². The normalized spacial score (nSPS) is 11.7. The second-order valence-corrected chi connectivity index (χ2v) is 2.36. The third-order valence-corrected chi connectivity index (χ3v) is 1.36. The molecule has 0 saturated carbocycles. The number of hydrogen-bond acceptors (Lipinski definition) is 2. The minimum absolute atomic E-state index is 0.301. The van der Waals surface area contributed by atoms with Crippen molar-refractivity contribution in [2.24, 2.45) is 0 Å². The number of nitrogens with one attached hydrogen (secondary N) is 1. The largest absolute Gasteiger partial charge is 0.475 e. The van der Waals surface area contributed by atoms with Gasteiger partial charge < -0.3 is 10.1 Å². The van der Waals surface area contributed by atoms with Crippen molar-refractivity contribution in [2.75, 3.05) is 0 Å². The van der Waals surface area contributed by atoms with Crippen LogP contribution in [-0.4, -0.2) is 21.0 Å². The molecule has 0 bridgehead atoms. The van der Waals surface area contributed by atoms with E-state index in [-0.39, 0.29) is 5.69 Å². The SMILES string of the molecule is Cc1[nH]c(C(=O)O)nc1C(F)(F)F. The molecule has 72 valence electrons. The fourth-order valence-corrected chi connectivity index (χ4v) is 0.838. The van der Waals surface area contributed by atoms with Crippen LogP contribution in [0.4, 0.5) is 13.2 Å². The van der Waals surface area contributed by atoms with Gasteiger partial charge in [0.15, 0.2) is 5.69 Å². The molecule has 2 N–H and O–H groups in total. The van der Waals surface area contributed by atoms with Crippen LogP contribution in [0, 0.1) is 6.92 Å². The van der Waals surface area contributed by atoms with Gasteiger partial charge in [0.25, 0.3) is 0 Å². The molecule has 1 aromatic heterocycles. The molecule has 0 aliphatic heterocycles. The van der Waals surface area contributed by atoms with Gasteiger partial charge in [0.05, 0.1) is 0 Å². The lowest BCUT2D eigenvalue weighted by molar-refractivity contribution is -0.141. The summed E-state index contributed by atoms with van der Waals surface area (Å²) in [6.45, 7) is 1.11. The van der Waals surface area contributed by atoms with Gasteiger partial charge in [-0.2, -0.15) is 13.2 Å². The molecular formula is C6H5F3N2O2. The Labute approximate surface area is 70.4 Å². The van der Waals surface area contributed by atoms with E-state index in [4.69, 9.17) is 5.11 Å².